The maximum Gasteiger partial charge on any atom is 0.0386 e. The number of unbranched alkanes of at least 4 members (excludes halogenated alkanes) is 5. The van der Waals surface area contributed by atoms with Gasteiger partial charge in [-0.1, -0.05) is 45.4 Å². The van der Waals surface area contributed by atoms with Crippen LogP contribution in [0.2, 0.25) is 0 Å². The maximum absolute atomic E-state index is 5.83. The molecule has 2 atom stereocenters. The van der Waals surface area contributed by atoms with Crippen LogP contribution in [0.1, 0.15) is 58.3 Å². The summed E-state index contributed by atoms with van der Waals surface area (Å²) in [5.41, 5.74) is 3.08. The predicted molar refractivity (Wildman–Crippen MR) is 87.6 cm³/mol. The molecule has 1 aliphatic rings. The molecule has 2 unspecified atom stereocenters. The zero-order valence-electron chi connectivity index (χ0n) is 13.9. The van der Waals surface area contributed by atoms with Crippen LogP contribution in [0.25, 0.3) is 0 Å². The van der Waals surface area contributed by atoms with E-state index in [9.17, 15) is 0 Å². The molecule has 4 nitrogen and oxygen atoms in total. The van der Waals surface area contributed by atoms with Gasteiger partial charge in [0.15, 0.2) is 0 Å². The zero-order chi connectivity index (χ0) is 14.8. The Bertz CT molecular complexity index is 235. The van der Waals surface area contributed by atoms with Crippen molar-refractivity contribution >= 4 is 0 Å². The molecule has 0 spiro atoms. The second-order valence-electron chi connectivity index (χ2n) is 6.49. The van der Waals surface area contributed by atoms with Crippen molar-refractivity contribution in [2.45, 2.75) is 70.4 Å². The Kier molecular flexibility index (Phi) is 9.44. The van der Waals surface area contributed by atoms with Gasteiger partial charge in [0.2, 0.25) is 0 Å². The van der Waals surface area contributed by atoms with Crippen molar-refractivity contribution in [1.82, 2.24) is 15.2 Å². The highest BCUT2D eigenvalue weighted by atomic mass is 15.3. The number of nitrogens with one attached hydrogen (secondary N) is 1. The van der Waals surface area contributed by atoms with Crippen LogP contribution in [0.5, 0.6) is 0 Å². The molecule has 1 aliphatic heterocycles. The van der Waals surface area contributed by atoms with Crippen LogP contribution in [-0.4, -0.2) is 55.6 Å². The van der Waals surface area contributed by atoms with E-state index in [-0.39, 0.29) is 0 Å². The topological polar surface area (TPSA) is 44.5 Å². The van der Waals surface area contributed by atoms with Gasteiger partial charge in [-0.05, 0) is 40.0 Å². The third-order valence-electron chi connectivity index (χ3n) is 4.66. The average molecular weight is 284 g/mol. The van der Waals surface area contributed by atoms with Gasteiger partial charge in [0.05, 0.1) is 0 Å². The summed E-state index contributed by atoms with van der Waals surface area (Å²) in [5, 5.41) is 0. The molecule has 0 aliphatic carbocycles. The number of nitrogens with zero attached hydrogens (tertiary/aromatic N) is 2. The van der Waals surface area contributed by atoms with Gasteiger partial charge in [0, 0.05) is 18.6 Å². The molecular formula is C16H36N4. The van der Waals surface area contributed by atoms with E-state index in [0.29, 0.717) is 12.1 Å². The van der Waals surface area contributed by atoms with E-state index in [0.717, 1.165) is 6.54 Å². The van der Waals surface area contributed by atoms with Crippen molar-refractivity contribution in [1.29, 1.82) is 0 Å². The fourth-order valence-electron chi connectivity index (χ4n) is 3.27. The van der Waals surface area contributed by atoms with Gasteiger partial charge in [-0.2, -0.15) is 0 Å². The van der Waals surface area contributed by atoms with E-state index in [4.69, 9.17) is 5.84 Å². The highest BCUT2D eigenvalue weighted by Gasteiger charge is 2.27. The minimum Gasteiger partial charge on any atom is -0.305 e. The van der Waals surface area contributed by atoms with Crippen LogP contribution in [0.4, 0.5) is 0 Å². The summed E-state index contributed by atoms with van der Waals surface area (Å²) in [6.45, 7) is 5.78. The highest BCUT2D eigenvalue weighted by molar-refractivity contribution is 4.86. The van der Waals surface area contributed by atoms with Crippen LogP contribution in [0.15, 0.2) is 0 Å². The summed E-state index contributed by atoms with van der Waals surface area (Å²) >= 11 is 0. The standard InChI is InChI=1S/C16H36N4/c1-4-5-6-7-8-9-11-15(18-17)16-14-19(2)12-10-13-20(16)3/h15-16,18H,4-14,17H2,1-3H3. The monoisotopic (exact) mass is 284 g/mol. The van der Waals surface area contributed by atoms with Gasteiger partial charge in [0.25, 0.3) is 0 Å². The highest BCUT2D eigenvalue weighted by Crippen LogP contribution is 2.15. The predicted octanol–water partition coefficient (Wildman–Crippen LogP) is 2.20. The molecule has 1 fully saturated rings. The van der Waals surface area contributed by atoms with Gasteiger partial charge in [-0.3, -0.25) is 11.3 Å². The van der Waals surface area contributed by atoms with Crippen LogP contribution < -0.4 is 11.3 Å². The lowest BCUT2D eigenvalue weighted by Gasteiger charge is -2.34. The zero-order valence-corrected chi connectivity index (χ0v) is 13.9. The Hall–Kier alpha value is -0.160. The molecule has 0 saturated carbocycles. The second-order valence-corrected chi connectivity index (χ2v) is 6.49. The summed E-state index contributed by atoms with van der Waals surface area (Å²) in [6.07, 6.45) is 10.6. The quantitative estimate of drug-likeness (QED) is 0.387. The smallest absolute Gasteiger partial charge is 0.0386 e. The molecule has 0 aromatic rings. The minimum atomic E-state index is 0.423. The lowest BCUT2D eigenvalue weighted by Crippen LogP contribution is -2.54. The van der Waals surface area contributed by atoms with Crippen LogP contribution in [0.3, 0.4) is 0 Å². The maximum atomic E-state index is 5.83. The fraction of sp³-hybridized carbons (Fsp3) is 1.00. The first kappa shape index (κ1) is 17.9. The van der Waals surface area contributed by atoms with Crippen molar-refractivity contribution in [3.63, 3.8) is 0 Å². The van der Waals surface area contributed by atoms with Crippen LogP contribution in [0, 0.1) is 0 Å². The molecule has 0 amide bonds. The SMILES string of the molecule is CCCCCCCCC(NN)C1CN(C)CCCN1C. The minimum absolute atomic E-state index is 0.423. The molecule has 1 rings (SSSR count). The molecule has 0 bridgehead atoms. The molecule has 120 valence electrons. The summed E-state index contributed by atoms with van der Waals surface area (Å²) in [7, 11) is 4.47. The number of hydrazine groups is 1. The van der Waals surface area contributed by atoms with E-state index in [1.54, 1.807) is 0 Å². The van der Waals surface area contributed by atoms with E-state index < -0.39 is 0 Å². The molecule has 1 heterocycles. The second kappa shape index (κ2) is 10.6. The number of likely N-dealkylation sites (N-methyl/N-ethyl adjacent to an activating group) is 2. The molecule has 4 heteroatoms. The third-order valence-corrected chi connectivity index (χ3v) is 4.66. The Balaban J connectivity index is 2.31. The molecule has 0 aromatic carbocycles. The first-order chi connectivity index (χ1) is 9.69. The van der Waals surface area contributed by atoms with E-state index in [1.807, 2.05) is 0 Å². The summed E-state index contributed by atoms with van der Waals surface area (Å²) in [5.74, 6) is 5.83. The van der Waals surface area contributed by atoms with Crippen molar-refractivity contribution in [3.05, 3.63) is 0 Å². The van der Waals surface area contributed by atoms with Gasteiger partial charge >= 0.3 is 0 Å². The number of rotatable bonds is 9. The number of hydrogen-bond acceptors (Lipinski definition) is 4. The van der Waals surface area contributed by atoms with Gasteiger partial charge in [0.1, 0.15) is 0 Å². The molecule has 0 aromatic heterocycles. The van der Waals surface area contributed by atoms with Crippen molar-refractivity contribution < 1.29 is 0 Å². The van der Waals surface area contributed by atoms with Gasteiger partial charge < -0.3 is 9.80 Å². The molecule has 3 N–H and O–H groups in total. The van der Waals surface area contributed by atoms with E-state index >= 15 is 0 Å². The number of hydrogen-bond donors (Lipinski definition) is 2. The molecule has 20 heavy (non-hydrogen) atoms. The van der Waals surface area contributed by atoms with Crippen LogP contribution in [-0.2, 0) is 0 Å². The summed E-state index contributed by atoms with van der Waals surface area (Å²) in [6, 6.07) is 0.967. The van der Waals surface area contributed by atoms with Gasteiger partial charge in [-0.15, -0.1) is 0 Å². The third kappa shape index (κ3) is 6.53. The van der Waals surface area contributed by atoms with Crippen molar-refractivity contribution in [3.8, 4) is 0 Å². The fourth-order valence-corrected chi connectivity index (χ4v) is 3.27. The van der Waals surface area contributed by atoms with Gasteiger partial charge in [-0.25, -0.2) is 0 Å². The Morgan fingerprint density at radius 3 is 2.50 bits per heavy atom. The summed E-state index contributed by atoms with van der Waals surface area (Å²) in [4.78, 5) is 4.94. The Morgan fingerprint density at radius 1 is 1.10 bits per heavy atom. The molecular weight excluding hydrogens is 248 g/mol. The first-order valence-electron chi connectivity index (χ1n) is 8.54. The Labute approximate surface area is 126 Å². The van der Waals surface area contributed by atoms with E-state index in [2.05, 4.69) is 36.2 Å². The lowest BCUT2D eigenvalue weighted by atomic mass is 9.99. The molecule has 0 radical (unpaired) electrons. The van der Waals surface area contributed by atoms with Crippen molar-refractivity contribution in [2.24, 2.45) is 5.84 Å². The number of nitrogens with two attached hydrogens (primary N) is 1. The first-order valence-corrected chi connectivity index (χ1v) is 8.54. The van der Waals surface area contributed by atoms with E-state index in [1.165, 1.54) is 64.5 Å². The largest absolute Gasteiger partial charge is 0.305 e. The lowest BCUT2D eigenvalue weighted by molar-refractivity contribution is 0.171. The normalized spacial score (nSPS) is 23.7. The molecule has 1 saturated heterocycles. The van der Waals surface area contributed by atoms with Crippen LogP contribution >= 0.6 is 0 Å². The average Bonchev–Trinajstić information content (AvgIpc) is 2.60. The summed E-state index contributed by atoms with van der Waals surface area (Å²) < 4.78 is 0. The van der Waals surface area contributed by atoms with Crippen molar-refractivity contribution in [2.75, 3.05) is 33.7 Å². The Morgan fingerprint density at radius 2 is 1.80 bits per heavy atom.